The van der Waals surface area contributed by atoms with E-state index in [1.54, 1.807) is 0 Å². The van der Waals surface area contributed by atoms with Crippen LogP contribution in [0, 0.1) is 0 Å². The molecule has 1 aliphatic rings. The van der Waals surface area contributed by atoms with Crippen molar-refractivity contribution in [1.29, 1.82) is 0 Å². The highest BCUT2D eigenvalue weighted by Crippen LogP contribution is 2.38. The van der Waals surface area contributed by atoms with Crippen molar-refractivity contribution >= 4 is 17.7 Å². The van der Waals surface area contributed by atoms with E-state index in [2.05, 4.69) is 59.8 Å². The minimum absolute atomic E-state index is 0.120. The summed E-state index contributed by atoms with van der Waals surface area (Å²) in [7, 11) is 0. The van der Waals surface area contributed by atoms with Crippen LogP contribution < -0.4 is 5.73 Å². The molecule has 2 aromatic rings. The van der Waals surface area contributed by atoms with Gasteiger partial charge in [-0.1, -0.05) is 76.6 Å². The molecule has 2 N–H and O–H groups in total. The van der Waals surface area contributed by atoms with E-state index in [4.69, 9.17) is 5.73 Å². The Morgan fingerprint density at radius 1 is 1.22 bits per heavy atom. The van der Waals surface area contributed by atoms with Gasteiger partial charge in [0.15, 0.2) is 11.0 Å². The van der Waals surface area contributed by atoms with Gasteiger partial charge in [0.05, 0.1) is 5.25 Å². The van der Waals surface area contributed by atoms with E-state index in [9.17, 15) is 4.79 Å². The number of carbonyl (C=O) groups is 1. The minimum atomic E-state index is -0.292. The number of aromatic nitrogens is 3. The Labute approximate surface area is 166 Å². The number of nitrogens with two attached hydrogens (primary N) is 1. The van der Waals surface area contributed by atoms with E-state index in [0.717, 1.165) is 29.4 Å². The molecule has 1 heterocycles. The molecular formula is C21H30N4OS. The Bertz CT molecular complexity index is 786. The Hall–Kier alpha value is -1.82. The third kappa shape index (κ3) is 4.37. The average molecular weight is 387 g/mol. The molecule has 0 spiro atoms. The fourth-order valence-corrected chi connectivity index (χ4v) is 4.61. The van der Waals surface area contributed by atoms with E-state index >= 15 is 0 Å². The lowest BCUT2D eigenvalue weighted by Crippen LogP contribution is -2.25. The number of benzene rings is 1. The SMILES string of the molecule is CCC(Sc1nnc(-c2ccc(C(C)(C)C)cc2)n1C1CCCC1)C(N)=O. The molecule has 1 amide bonds. The van der Waals surface area contributed by atoms with Gasteiger partial charge in [-0.25, -0.2) is 0 Å². The molecule has 3 rings (SSSR count). The number of carbonyl (C=O) groups excluding carboxylic acids is 1. The molecule has 1 fully saturated rings. The lowest BCUT2D eigenvalue weighted by atomic mass is 9.86. The van der Waals surface area contributed by atoms with Gasteiger partial charge in [0, 0.05) is 11.6 Å². The van der Waals surface area contributed by atoms with Gasteiger partial charge in [0.2, 0.25) is 5.91 Å². The smallest absolute Gasteiger partial charge is 0.231 e. The maximum absolute atomic E-state index is 11.7. The van der Waals surface area contributed by atoms with Crippen molar-refractivity contribution in [3.63, 3.8) is 0 Å². The molecule has 1 unspecified atom stereocenters. The zero-order valence-electron chi connectivity index (χ0n) is 16.7. The number of thioether (sulfide) groups is 1. The highest BCUT2D eigenvalue weighted by molar-refractivity contribution is 8.00. The van der Waals surface area contributed by atoms with Crippen LogP contribution in [0.5, 0.6) is 0 Å². The summed E-state index contributed by atoms with van der Waals surface area (Å²) in [5.74, 6) is 0.601. The first-order valence-corrected chi connectivity index (χ1v) is 10.7. The van der Waals surface area contributed by atoms with Gasteiger partial charge in [0.1, 0.15) is 0 Å². The lowest BCUT2D eigenvalue weighted by Gasteiger charge is -2.20. The van der Waals surface area contributed by atoms with E-state index < -0.39 is 0 Å². The second-order valence-corrected chi connectivity index (χ2v) is 9.53. The largest absolute Gasteiger partial charge is 0.369 e. The summed E-state index contributed by atoms with van der Waals surface area (Å²) in [5.41, 5.74) is 8.05. The van der Waals surface area contributed by atoms with Crippen LogP contribution in [0.4, 0.5) is 0 Å². The average Bonchev–Trinajstić information content (AvgIpc) is 3.28. The van der Waals surface area contributed by atoms with Gasteiger partial charge < -0.3 is 5.73 Å². The summed E-state index contributed by atoms with van der Waals surface area (Å²) in [4.78, 5) is 11.7. The molecule has 0 bridgehead atoms. The number of hydrogen-bond donors (Lipinski definition) is 1. The summed E-state index contributed by atoms with van der Waals surface area (Å²) < 4.78 is 2.25. The number of amides is 1. The Balaban J connectivity index is 1.98. The van der Waals surface area contributed by atoms with Crippen molar-refractivity contribution < 1.29 is 4.79 Å². The third-order valence-electron chi connectivity index (χ3n) is 5.30. The second kappa shape index (κ2) is 8.05. The molecule has 0 aliphatic heterocycles. The van der Waals surface area contributed by atoms with Crippen LogP contribution >= 0.6 is 11.8 Å². The van der Waals surface area contributed by atoms with Gasteiger partial charge in [-0.15, -0.1) is 10.2 Å². The number of primary amides is 1. The molecule has 6 heteroatoms. The quantitative estimate of drug-likeness (QED) is 0.729. The van der Waals surface area contributed by atoms with Crippen LogP contribution in [-0.4, -0.2) is 25.9 Å². The van der Waals surface area contributed by atoms with Crippen LogP contribution in [0.15, 0.2) is 29.4 Å². The Morgan fingerprint density at radius 3 is 2.37 bits per heavy atom. The van der Waals surface area contributed by atoms with Crippen LogP contribution in [0.2, 0.25) is 0 Å². The fraction of sp³-hybridized carbons (Fsp3) is 0.571. The first-order chi connectivity index (χ1) is 12.8. The minimum Gasteiger partial charge on any atom is -0.369 e. The summed E-state index contributed by atoms with van der Waals surface area (Å²) in [6.45, 7) is 8.62. The number of hydrogen-bond acceptors (Lipinski definition) is 4. The maximum atomic E-state index is 11.7. The lowest BCUT2D eigenvalue weighted by molar-refractivity contribution is -0.117. The molecule has 0 saturated heterocycles. The predicted molar refractivity (Wildman–Crippen MR) is 111 cm³/mol. The van der Waals surface area contributed by atoms with E-state index in [1.165, 1.54) is 30.2 Å². The maximum Gasteiger partial charge on any atom is 0.231 e. The fourth-order valence-electron chi connectivity index (χ4n) is 3.63. The summed E-state index contributed by atoms with van der Waals surface area (Å²) >= 11 is 1.45. The predicted octanol–water partition coefficient (Wildman–Crippen LogP) is 4.71. The van der Waals surface area contributed by atoms with E-state index in [1.807, 2.05) is 6.92 Å². The number of rotatable bonds is 6. The normalized spacial score (nSPS) is 16.6. The zero-order chi connectivity index (χ0) is 19.6. The van der Waals surface area contributed by atoms with Crippen LogP contribution in [0.1, 0.15) is 71.4 Å². The van der Waals surface area contributed by atoms with Crippen LogP contribution in [0.3, 0.4) is 0 Å². The molecule has 27 heavy (non-hydrogen) atoms. The second-order valence-electron chi connectivity index (χ2n) is 8.36. The molecule has 1 aromatic heterocycles. The highest BCUT2D eigenvalue weighted by atomic mass is 32.2. The molecule has 1 aromatic carbocycles. The molecule has 1 saturated carbocycles. The van der Waals surface area contributed by atoms with Crippen molar-refractivity contribution in [3.8, 4) is 11.4 Å². The van der Waals surface area contributed by atoms with Crippen molar-refractivity contribution in [2.24, 2.45) is 5.73 Å². The first kappa shape index (κ1) is 19.9. The third-order valence-corrected chi connectivity index (χ3v) is 6.64. The summed E-state index contributed by atoms with van der Waals surface area (Å²) in [6.07, 6.45) is 5.40. The first-order valence-electron chi connectivity index (χ1n) is 9.83. The molecule has 1 aliphatic carbocycles. The summed E-state index contributed by atoms with van der Waals surface area (Å²) in [5, 5.41) is 9.49. The van der Waals surface area contributed by atoms with Gasteiger partial charge >= 0.3 is 0 Å². The van der Waals surface area contributed by atoms with Gasteiger partial charge in [-0.2, -0.15) is 0 Å². The van der Waals surface area contributed by atoms with Gasteiger partial charge in [-0.3, -0.25) is 9.36 Å². The molecule has 146 valence electrons. The monoisotopic (exact) mass is 386 g/mol. The van der Waals surface area contributed by atoms with Crippen molar-refractivity contribution in [3.05, 3.63) is 29.8 Å². The highest BCUT2D eigenvalue weighted by Gasteiger charge is 2.27. The standard InChI is InChI=1S/C21H30N4OS/c1-5-17(18(22)26)27-20-24-23-19(25(20)16-8-6-7-9-16)14-10-12-15(13-11-14)21(2,3)4/h10-13,16-17H,5-9H2,1-4H3,(H2,22,26). The van der Waals surface area contributed by atoms with Crippen molar-refractivity contribution in [2.45, 2.75) is 81.7 Å². The van der Waals surface area contributed by atoms with E-state index in [-0.39, 0.29) is 16.6 Å². The summed E-state index contributed by atoms with van der Waals surface area (Å²) in [6, 6.07) is 9.01. The molecule has 5 nitrogen and oxygen atoms in total. The van der Waals surface area contributed by atoms with Crippen molar-refractivity contribution in [2.75, 3.05) is 0 Å². The van der Waals surface area contributed by atoms with Gasteiger partial charge in [-0.05, 0) is 30.2 Å². The van der Waals surface area contributed by atoms with Crippen LogP contribution in [0.25, 0.3) is 11.4 Å². The topological polar surface area (TPSA) is 73.8 Å². The van der Waals surface area contributed by atoms with E-state index in [0.29, 0.717) is 12.5 Å². The molecular weight excluding hydrogens is 356 g/mol. The number of nitrogens with zero attached hydrogens (tertiary/aromatic N) is 3. The van der Waals surface area contributed by atoms with Crippen LogP contribution in [-0.2, 0) is 10.2 Å². The Kier molecular flexibility index (Phi) is 5.94. The van der Waals surface area contributed by atoms with Crippen molar-refractivity contribution in [1.82, 2.24) is 14.8 Å². The van der Waals surface area contributed by atoms with Gasteiger partial charge in [0.25, 0.3) is 0 Å². The Morgan fingerprint density at radius 2 is 1.85 bits per heavy atom. The zero-order valence-corrected chi connectivity index (χ0v) is 17.6. The molecule has 0 radical (unpaired) electrons. The molecule has 1 atom stereocenters.